The van der Waals surface area contributed by atoms with E-state index < -0.39 is 0 Å². The number of hydrogen-bond donors (Lipinski definition) is 2. The van der Waals surface area contributed by atoms with Crippen molar-refractivity contribution in [3.8, 4) is 5.75 Å². The number of nitrogens with one attached hydrogen (secondary N) is 2. The molecule has 1 aromatic heterocycles. The van der Waals surface area contributed by atoms with Crippen molar-refractivity contribution in [1.29, 1.82) is 0 Å². The molecule has 5 nitrogen and oxygen atoms in total. The number of benzene rings is 3. The lowest BCUT2D eigenvalue weighted by Gasteiger charge is -2.07. The topological polar surface area (TPSA) is 67.0 Å². The highest BCUT2D eigenvalue weighted by molar-refractivity contribution is 5.94. The Morgan fingerprint density at radius 3 is 2.44 bits per heavy atom. The summed E-state index contributed by atoms with van der Waals surface area (Å²) in [6, 6.07) is 24.9. The Kier molecular flexibility index (Phi) is 4.83. The summed E-state index contributed by atoms with van der Waals surface area (Å²) in [6.45, 7) is 0.817. The normalized spacial score (nSPS) is 10.7. The number of ether oxygens (including phenoxy) is 1. The number of fused-ring (bicyclic) bond motifs is 1. The van der Waals surface area contributed by atoms with E-state index in [-0.39, 0.29) is 5.91 Å². The summed E-state index contributed by atoms with van der Waals surface area (Å²) < 4.78 is 5.71. The van der Waals surface area contributed by atoms with Crippen LogP contribution in [-0.2, 0) is 13.2 Å². The molecular weight excluding hydrogens is 338 g/mol. The van der Waals surface area contributed by atoms with Crippen LogP contribution in [0.15, 0.2) is 78.9 Å². The van der Waals surface area contributed by atoms with Gasteiger partial charge in [0.2, 0.25) is 0 Å². The molecule has 2 N–H and O–H groups in total. The van der Waals surface area contributed by atoms with Crippen molar-refractivity contribution in [3.05, 3.63) is 95.8 Å². The predicted octanol–water partition coefficient (Wildman–Crippen LogP) is 4.07. The van der Waals surface area contributed by atoms with Gasteiger partial charge in [-0.3, -0.25) is 4.79 Å². The van der Waals surface area contributed by atoms with Crippen molar-refractivity contribution >= 4 is 16.9 Å². The molecule has 0 fully saturated rings. The minimum Gasteiger partial charge on any atom is -0.489 e. The van der Waals surface area contributed by atoms with E-state index in [0.29, 0.717) is 18.7 Å². The van der Waals surface area contributed by atoms with Gasteiger partial charge in [-0.2, -0.15) is 0 Å². The van der Waals surface area contributed by atoms with Crippen molar-refractivity contribution < 1.29 is 9.53 Å². The highest BCUT2D eigenvalue weighted by atomic mass is 16.5. The number of aromatic amines is 1. The Morgan fingerprint density at radius 1 is 0.926 bits per heavy atom. The first-order valence-electron chi connectivity index (χ1n) is 8.76. The Balaban J connectivity index is 1.33. The van der Waals surface area contributed by atoms with Gasteiger partial charge >= 0.3 is 0 Å². The van der Waals surface area contributed by atoms with E-state index in [1.54, 1.807) is 12.1 Å². The molecule has 4 rings (SSSR count). The van der Waals surface area contributed by atoms with Gasteiger partial charge in [0.05, 0.1) is 17.6 Å². The Bertz CT molecular complexity index is 1010. The van der Waals surface area contributed by atoms with Crippen LogP contribution in [0.3, 0.4) is 0 Å². The summed E-state index contributed by atoms with van der Waals surface area (Å²) in [5.74, 6) is 1.42. The van der Waals surface area contributed by atoms with E-state index in [1.165, 1.54) is 0 Å². The third kappa shape index (κ3) is 4.15. The zero-order valence-electron chi connectivity index (χ0n) is 14.7. The standard InChI is InChI=1S/C22H19N3O2/c26-22(23-14-21-24-19-8-4-5-9-20(19)25-21)17-12-10-16(11-13-17)15-27-18-6-2-1-3-7-18/h1-13H,14-15H2,(H,23,26)(H,24,25). The van der Waals surface area contributed by atoms with Crippen LogP contribution in [0.2, 0.25) is 0 Å². The summed E-state index contributed by atoms with van der Waals surface area (Å²) >= 11 is 0. The van der Waals surface area contributed by atoms with E-state index in [4.69, 9.17) is 4.74 Å². The van der Waals surface area contributed by atoms with Gasteiger partial charge in [0.25, 0.3) is 5.91 Å². The smallest absolute Gasteiger partial charge is 0.251 e. The van der Waals surface area contributed by atoms with Crippen LogP contribution in [-0.4, -0.2) is 15.9 Å². The lowest BCUT2D eigenvalue weighted by atomic mass is 10.1. The average molecular weight is 357 g/mol. The van der Waals surface area contributed by atoms with Crippen LogP contribution in [0.1, 0.15) is 21.7 Å². The van der Waals surface area contributed by atoms with Gasteiger partial charge in [0, 0.05) is 5.56 Å². The highest BCUT2D eigenvalue weighted by Crippen LogP contribution is 2.13. The molecule has 0 unspecified atom stereocenters. The quantitative estimate of drug-likeness (QED) is 0.547. The van der Waals surface area contributed by atoms with Crippen LogP contribution in [0.25, 0.3) is 11.0 Å². The summed E-state index contributed by atoms with van der Waals surface area (Å²) in [5.41, 5.74) is 3.47. The molecule has 1 amide bonds. The molecule has 27 heavy (non-hydrogen) atoms. The van der Waals surface area contributed by atoms with Crippen LogP contribution in [0, 0.1) is 0 Å². The lowest BCUT2D eigenvalue weighted by molar-refractivity contribution is 0.0950. The largest absolute Gasteiger partial charge is 0.489 e. The molecule has 4 aromatic rings. The number of amides is 1. The Labute approximate surface area is 157 Å². The molecular formula is C22H19N3O2. The van der Waals surface area contributed by atoms with Gasteiger partial charge in [0.15, 0.2) is 0 Å². The number of nitrogens with zero attached hydrogens (tertiary/aromatic N) is 1. The molecule has 1 heterocycles. The number of rotatable bonds is 6. The number of carbonyl (C=O) groups excluding carboxylic acids is 1. The van der Waals surface area contributed by atoms with Crippen molar-refractivity contribution in [3.63, 3.8) is 0 Å². The Hall–Kier alpha value is -3.60. The molecule has 134 valence electrons. The maximum absolute atomic E-state index is 12.3. The maximum Gasteiger partial charge on any atom is 0.251 e. The fourth-order valence-corrected chi connectivity index (χ4v) is 2.79. The number of carbonyl (C=O) groups is 1. The fourth-order valence-electron chi connectivity index (χ4n) is 2.79. The third-order valence-corrected chi connectivity index (χ3v) is 4.22. The van der Waals surface area contributed by atoms with Gasteiger partial charge in [-0.25, -0.2) is 4.98 Å². The number of aromatic nitrogens is 2. The van der Waals surface area contributed by atoms with Gasteiger partial charge < -0.3 is 15.0 Å². The second-order valence-corrected chi connectivity index (χ2v) is 6.18. The summed E-state index contributed by atoms with van der Waals surface area (Å²) in [4.78, 5) is 20.0. The molecule has 0 aliphatic rings. The first kappa shape index (κ1) is 16.8. The SMILES string of the molecule is O=C(NCc1nc2ccccc2[nH]1)c1ccc(COc2ccccc2)cc1. The molecule has 0 saturated carbocycles. The van der Waals surface area contributed by atoms with Crippen LogP contribution in [0.5, 0.6) is 5.75 Å². The van der Waals surface area contributed by atoms with Gasteiger partial charge in [-0.1, -0.05) is 42.5 Å². The summed E-state index contributed by atoms with van der Waals surface area (Å²) in [7, 11) is 0. The van der Waals surface area contributed by atoms with Crippen molar-refractivity contribution in [2.45, 2.75) is 13.2 Å². The van der Waals surface area contributed by atoms with E-state index in [2.05, 4.69) is 15.3 Å². The van der Waals surface area contributed by atoms with Crippen molar-refractivity contribution in [2.75, 3.05) is 0 Å². The van der Waals surface area contributed by atoms with E-state index >= 15 is 0 Å². The molecule has 0 radical (unpaired) electrons. The molecule has 0 aliphatic heterocycles. The maximum atomic E-state index is 12.3. The number of imidazole rings is 1. The molecule has 5 heteroatoms. The number of para-hydroxylation sites is 3. The molecule has 0 aliphatic carbocycles. The summed E-state index contributed by atoms with van der Waals surface area (Å²) in [6.07, 6.45) is 0. The summed E-state index contributed by atoms with van der Waals surface area (Å²) in [5, 5.41) is 2.89. The average Bonchev–Trinajstić information content (AvgIpc) is 3.15. The first-order chi connectivity index (χ1) is 13.3. The monoisotopic (exact) mass is 357 g/mol. The lowest BCUT2D eigenvalue weighted by Crippen LogP contribution is -2.23. The minimum atomic E-state index is -0.133. The third-order valence-electron chi connectivity index (χ3n) is 4.22. The molecule has 0 spiro atoms. The highest BCUT2D eigenvalue weighted by Gasteiger charge is 2.08. The molecule has 3 aromatic carbocycles. The fraction of sp³-hybridized carbons (Fsp3) is 0.0909. The predicted molar refractivity (Wildman–Crippen MR) is 104 cm³/mol. The van der Waals surface area contributed by atoms with E-state index in [1.807, 2.05) is 66.7 Å². The van der Waals surface area contributed by atoms with Crippen LogP contribution < -0.4 is 10.1 Å². The number of hydrogen-bond acceptors (Lipinski definition) is 3. The first-order valence-corrected chi connectivity index (χ1v) is 8.76. The van der Waals surface area contributed by atoms with E-state index in [0.717, 1.165) is 28.2 Å². The Morgan fingerprint density at radius 2 is 1.67 bits per heavy atom. The second kappa shape index (κ2) is 7.74. The number of H-pyrrole nitrogens is 1. The second-order valence-electron chi connectivity index (χ2n) is 6.18. The van der Waals surface area contributed by atoms with Gasteiger partial charge in [-0.05, 0) is 42.0 Å². The van der Waals surface area contributed by atoms with Crippen molar-refractivity contribution in [2.24, 2.45) is 0 Å². The molecule has 0 bridgehead atoms. The van der Waals surface area contributed by atoms with Crippen LogP contribution >= 0.6 is 0 Å². The zero-order chi connectivity index (χ0) is 18.5. The zero-order valence-corrected chi connectivity index (χ0v) is 14.7. The van der Waals surface area contributed by atoms with Gasteiger partial charge in [0.1, 0.15) is 18.2 Å². The van der Waals surface area contributed by atoms with Crippen LogP contribution in [0.4, 0.5) is 0 Å². The molecule has 0 saturated heterocycles. The molecule has 0 atom stereocenters. The minimum absolute atomic E-state index is 0.133. The van der Waals surface area contributed by atoms with Gasteiger partial charge in [-0.15, -0.1) is 0 Å². The van der Waals surface area contributed by atoms with E-state index in [9.17, 15) is 4.79 Å². The van der Waals surface area contributed by atoms with Crippen molar-refractivity contribution in [1.82, 2.24) is 15.3 Å².